The number of fused-ring (bicyclic) bond motifs is 5. The van der Waals surface area contributed by atoms with E-state index < -0.39 is 5.60 Å². The van der Waals surface area contributed by atoms with Crippen molar-refractivity contribution in [3.05, 3.63) is 0 Å². The molecule has 5 aliphatic heterocycles. The lowest BCUT2D eigenvalue weighted by atomic mass is 9.89. The molecule has 5 heterocycles. The second-order valence-electron chi connectivity index (χ2n) is 9.27. The summed E-state index contributed by atoms with van der Waals surface area (Å²) in [6.07, 6.45) is 6.13. The van der Waals surface area contributed by atoms with Gasteiger partial charge in [-0.1, -0.05) is 15.9 Å². The molecule has 5 rings (SSSR count). The number of alkyl halides is 1. The van der Waals surface area contributed by atoms with E-state index >= 15 is 0 Å². The topological polar surface area (TPSA) is 59.1 Å². The molecule has 0 aromatic rings. The van der Waals surface area contributed by atoms with Crippen LogP contribution in [0.1, 0.15) is 38.5 Å². The molecule has 8 unspecified atom stereocenters. The zero-order chi connectivity index (χ0) is 19.0. The lowest BCUT2D eigenvalue weighted by molar-refractivity contribution is -0.938. The maximum Gasteiger partial charge on any atom is 0.340 e. The Balaban J connectivity index is 1.32. The number of esters is 1. The Morgan fingerprint density at radius 2 is 1.89 bits per heavy atom. The van der Waals surface area contributed by atoms with E-state index in [1.807, 2.05) is 0 Å². The van der Waals surface area contributed by atoms with E-state index in [4.69, 9.17) is 9.47 Å². The number of carbonyl (C=O) groups is 1. The number of thioether (sulfide) groups is 2. The lowest BCUT2D eigenvalue weighted by Gasteiger charge is -2.46. The molecule has 0 aromatic carbocycles. The molecule has 0 saturated carbocycles. The molecule has 5 aliphatic rings. The predicted molar refractivity (Wildman–Crippen MR) is 111 cm³/mol. The maximum atomic E-state index is 13.4. The van der Waals surface area contributed by atoms with Crippen molar-refractivity contribution in [3.8, 4) is 0 Å². The molecule has 5 fully saturated rings. The first kappa shape index (κ1) is 19.5. The van der Waals surface area contributed by atoms with Crippen molar-refractivity contribution in [3.63, 3.8) is 0 Å². The molecular weight excluding hydrogens is 450 g/mol. The Hall–Kier alpha value is 0.530. The van der Waals surface area contributed by atoms with Gasteiger partial charge in [-0.25, -0.2) is 4.79 Å². The zero-order valence-corrected chi connectivity index (χ0v) is 19.1. The van der Waals surface area contributed by atoms with Gasteiger partial charge in [-0.05, 0) is 31.4 Å². The average Bonchev–Trinajstić information content (AvgIpc) is 2.93. The molecule has 8 atom stereocenters. The molecule has 0 amide bonds. The summed E-state index contributed by atoms with van der Waals surface area (Å²) < 4.78 is 13.2. The molecule has 0 radical (unpaired) electrons. The summed E-state index contributed by atoms with van der Waals surface area (Å²) in [5, 5.41) is 11.6. The number of halogens is 1. The largest absolute Gasteiger partial charge is 0.460 e. The van der Waals surface area contributed by atoms with Crippen LogP contribution in [0, 0.1) is 0 Å². The number of piperidine rings is 1. The fourth-order valence-electron chi connectivity index (χ4n) is 5.86. The summed E-state index contributed by atoms with van der Waals surface area (Å²) in [5.74, 6) is 0.655. The molecule has 152 valence electrons. The van der Waals surface area contributed by atoms with Crippen LogP contribution in [0.3, 0.4) is 0 Å². The van der Waals surface area contributed by atoms with Gasteiger partial charge in [-0.2, -0.15) is 11.8 Å². The Kier molecular flexibility index (Phi) is 4.89. The van der Waals surface area contributed by atoms with Gasteiger partial charge in [-0.3, -0.25) is 0 Å². The van der Waals surface area contributed by atoms with Gasteiger partial charge >= 0.3 is 5.97 Å². The molecule has 5 saturated heterocycles. The summed E-state index contributed by atoms with van der Waals surface area (Å²) in [5.41, 5.74) is -1.37. The Morgan fingerprint density at radius 1 is 1.19 bits per heavy atom. The fraction of sp³-hybridized carbons (Fsp3) is 0.947. The van der Waals surface area contributed by atoms with Crippen LogP contribution in [0.15, 0.2) is 0 Å². The van der Waals surface area contributed by atoms with Crippen molar-refractivity contribution in [2.75, 3.05) is 19.8 Å². The van der Waals surface area contributed by atoms with Gasteiger partial charge in [0.2, 0.25) is 0 Å². The average molecular weight is 479 g/mol. The number of hydrogen-bond donors (Lipinski definition) is 1. The van der Waals surface area contributed by atoms with Crippen molar-refractivity contribution >= 4 is 45.4 Å². The van der Waals surface area contributed by atoms with E-state index in [-0.39, 0.29) is 22.6 Å². The number of morpholine rings is 1. The Morgan fingerprint density at radius 3 is 2.44 bits per heavy atom. The van der Waals surface area contributed by atoms with E-state index in [9.17, 15) is 9.90 Å². The van der Waals surface area contributed by atoms with Gasteiger partial charge in [-0.15, -0.1) is 11.8 Å². The zero-order valence-electron chi connectivity index (χ0n) is 15.9. The van der Waals surface area contributed by atoms with Crippen molar-refractivity contribution in [1.29, 1.82) is 0 Å². The van der Waals surface area contributed by atoms with E-state index in [1.165, 1.54) is 0 Å². The first-order chi connectivity index (χ1) is 12.8. The van der Waals surface area contributed by atoms with E-state index in [0.717, 1.165) is 48.8 Å². The van der Waals surface area contributed by atoms with Crippen molar-refractivity contribution in [1.82, 2.24) is 0 Å². The number of nitrogens with zero attached hydrogens (tertiary/aromatic N) is 1. The number of aliphatic hydroxyl groups is 1. The lowest BCUT2D eigenvalue weighted by Crippen LogP contribution is -2.61. The molecule has 1 N–H and O–H groups in total. The highest BCUT2D eigenvalue weighted by atomic mass is 79.9. The summed E-state index contributed by atoms with van der Waals surface area (Å²) in [4.78, 5) is 13.4. The predicted octanol–water partition coefficient (Wildman–Crippen LogP) is 2.53. The molecule has 0 spiro atoms. The molecule has 5 nitrogen and oxygen atoms in total. The number of likely N-dealkylation sites (N-methyl/N-ethyl adjacent to an activating group) is 1. The quantitative estimate of drug-likeness (QED) is 0.290. The second-order valence-corrected chi connectivity index (χ2v) is 13.7. The Bertz CT molecular complexity index is 611. The van der Waals surface area contributed by atoms with Gasteiger partial charge in [0.1, 0.15) is 30.4 Å². The van der Waals surface area contributed by atoms with Crippen LogP contribution >= 0.6 is 39.5 Å². The van der Waals surface area contributed by atoms with Gasteiger partial charge in [0, 0.05) is 23.3 Å². The van der Waals surface area contributed by atoms with Crippen LogP contribution in [0.25, 0.3) is 0 Å². The SMILES string of the molecule is C[N+]1(C)C2CC(OC(=O)C(O)(C3CCCS3)C3CCC(Br)S3)CC1C1OC12. The Labute approximate surface area is 178 Å². The molecule has 0 aliphatic carbocycles. The third-order valence-electron chi connectivity index (χ3n) is 7.52. The molecule has 2 bridgehead atoms. The third kappa shape index (κ3) is 3.03. The molecular formula is C19H29BrNO4S2+. The fourth-order valence-corrected chi connectivity index (χ4v) is 9.83. The molecule has 0 aromatic heterocycles. The minimum atomic E-state index is -1.37. The van der Waals surface area contributed by atoms with Gasteiger partial charge in [0.15, 0.2) is 5.60 Å². The van der Waals surface area contributed by atoms with Crippen LogP contribution in [-0.2, 0) is 14.3 Å². The van der Waals surface area contributed by atoms with Crippen LogP contribution < -0.4 is 0 Å². The number of carbonyl (C=O) groups excluding carboxylic acids is 1. The minimum absolute atomic E-state index is 0.0374. The van der Waals surface area contributed by atoms with E-state index in [1.54, 1.807) is 23.5 Å². The van der Waals surface area contributed by atoms with Gasteiger partial charge < -0.3 is 19.1 Å². The number of quaternary nitrogens is 1. The van der Waals surface area contributed by atoms with Crippen molar-refractivity contribution < 1.29 is 23.9 Å². The smallest absolute Gasteiger partial charge is 0.340 e. The third-order valence-corrected chi connectivity index (χ3v) is 11.6. The van der Waals surface area contributed by atoms with E-state index in [0.29, 0.717) is 28.5 Å². The van der Waals surface area contributed by atoms with Crippen LogP contribution in [0.2, 0.25) is 0 Å². The minimum Gasteiger partial charge on any atom is -0.460 e. The number of rotatable bonds is 4. The van der Waals surface area contributed by atoms with Crippen molar-refractivity contribution in [2.24, 2.45) is 0 Å². The van der Waals surface area contributed by atoms with Gasteiger partial charge in [0.05, 0.1) is 18.3 Å². The first-order valence-electron chi connectivity index (χ1n) is 10.1. The molecule has 8 heteroatoms. The highest BCUT2D eigenvalue weighted by molar-refractivity contribution is 9.11. The summed E-state index contributed by atoms with van der Waals surface area (Å²) in [7, 11) is 4.55. The maximum absolute atomic E-state index is 13.4. The number of ether oxygens (including phenoxy) is 2. The van der Waals surface area contributed by atoms with Crippen LogP contribution in [-0.4, -0.2) is 86.1 Å². The van der Waals surface area contributed by atoms with Crippen LogP contribution in [0.4, 0.5) is 0 Å². The number of epoxide rings is 1. The van der Waals surface area contributed by atoms with Crippen molar-refractivity contribution in [2.45, 2.75) is 89.2 Å². The van der Waals surface area contributed by atoms with Gasteiger partial charge in [0.25, 0.3) is 0 Å². The summed E-state index contributed by atoms with van der Waals surface area (Å²) in [6.45, 7) is 0. The highest BCUT2D eigenvalue weighted by Gasteiger charge is 2.71. The first-order valence-corrected chi connectivity index (χ1v) is 13.1. The summed E-state index contributed by atoms with van der Waals surface area (Å²) >= 11 is 7.10. The monoisotopic (exact) mass is 478 g/mol. The standard InChI is InChI=1S/C19H29BrNO4S2/c1-21(2)11-8-10(9-12(21)17-16(11)25-17)24-18(22)19(23,13-4-3-7-26-13)14-5-6-15(20)27-14/h10-17,23H,3-9H2,1-2H3/q+1. The second kappa shape index (κ2) is 6.77. The molecule has 27 heavy (non-hydrogen) atoms. The summed E-state index contributed by atoms with van der Waals surface area (Å²) in [6, 6.07) is 0.821. The highest BCUT2D eigenvalue weighted by Crippen LogP contribution is 2.53. The van der Waals surface area contributed by atoms with E-state index in [2.05, 4.69) is 30.0 Å². The van der Waals surface area contributed by atoms with Crippen LogP contribution in [0.5, 0.6) is 0 Å². The normalized spacial score (nSPS) is 49.5. The number of hydrogen-bond acceptors (Lipinski definition) is 6.